The molecule has 1 heterocycles. The van der Waals surface area contributed by atoms with E-state index in [1.165, 1.54) is 12.1 Å². The lowest BCUT2D eigenvalue weighted by Gasteiger charge is -2.16. The minimum Gasteiger partial charge on any atom is -0.478 e. The summed E-state index contributed by atoms with van der Waals surface area (Å²) in [5, 5.41) is 9.43. The van der Waals surface area contributed by atoms with Crippen molar-refractivity contribution >= 4 is 5.97 Å². The monoisotopic (exact) mass is 323 g/mol. The summed E-state index contributed by atoms with van der Waals surface area (Å²) in [6.45, 7) is 3.24. The molecule has 0 bridgehead atoms. The zero-order chi connectivity index (χ0) is 16.9. The van der Waals surface area contributed by atoms with Gasteiger partial charge in [0.1, 0.15) is 0 Å². The number of hydrogen-bond acceptors (Lipinski definition) is 1. The van der Waals surface area contributed by atoms with E-state index in [-0.39, 0.29) is 17.2 Å². The quantitative estimate of drug-likeness (QED) is 0.879. The van der Waals surface area contributed by atoms with Crippen LogP contribution in [0.5, 0.6) is 0 Å². The molecule has 0 saturated heterocycles. The Labute approximate surface area is 131 Å². The lowest BCUT2D eigenvalue weighted by molar-refractivity contribution is -0.137. The number of aromatic carboxylic acids is 1. The smallest absolute Gasteiger partial charge is 0.417 e. The van der Waals surface area contributed by atoms with E-state index in [1.54, 1.807) is 24.5 Å². The number of nitrogens with zero attached hydrogens (tertiary/aromatic N) is 1. The Balaban J connectivity index is 2.34. The molecule has 1 aliphatic carbocycles. The number of rotatable bonds is 3. The maximum Gasteiger partial charge on any atom is 0.417 e. The minimum atomic E-state index is -4.49. The van der Waals surface area contributed by atoms with Crippen molar-refractivity contribution in [2.24, 2.45) is 0 Å². The fourth-order valence-electron chi connectivity index (χ4n) is 3.23. The van der Waals surface area contributed by atoms with Crippen LogP contribution in [0.15, 0.2) is 24.3 Å². The second-order valence-electron chi connectivity index (χ2n) is 5.88. The summed E-state index contributed by atoms with van der Waals surface area (Å²) >= 11 is 0. The lowest BCUT2D eigenvalue weighted by atomic mass is 10.00. The second-order valence-corrected chi connectivity index (χ2v) is 5.88. The summed E-state index contributed by atoms with van der Waals surface area (Å²) < 4.78 is 41.8. The van der Waals surface area contributed by atoms with E-state index in [0.717, 1.165) is 18.9 Å². The fraction of sp³-hybridized carbons (Fsp3) is 0.353. The van der Waals surface area contributed by atoms with Gasteiger partial charge < -0.3 is 9.67 Å². The van der Waals surface area contributed by atoms with E-state index in [9.17, 15) is 23.1 Å². The van der Waals surface area contributed by atoms with Crippen molar-refractivity contribution in [3.05, 3.63) is 46.6 Å². The van der Waals surface area contributed by atoms with Crippen molar-refractivity contribution in [1.29, 1.82) is 0 Å². The highest BCUT2D eigenvalue weighted by molar-refractivity contribution is 5.94. The highest BCUT2D eigenvalue weighted by Gasteiger charge is 2.38. The Bertz CT molecular complexity index is 786. The number of benzene rings is 1. The molecule has 122 valence electrons. The van der Waals surface area contributed by atoms with Gasteiger partial charge >= 0.3 is 12.1 Å². The van der Waals surface area contributed by atoms with Crippen LogP contribution in [-0.2, 0) is 6.18 Å². The van der Waals surface area contributed by atoms with Gasteiger partial charge in [0.05, 0.1) is 16.8 Å². The molecule has 0 aliphatic heterocycles. The standard InChI is InChI=1S/C17H16F3NO2/c1-9-14(16(22)23)10(2)21(11-7-8-11)15(9)12-5-3-4-6-13(12)17(18,19)20/h3-6,11H,7-8H2,1-2H3,(H,22,23). The van der Waals surface area contributed by atoms with Crippen molar-refractivity contribution in [1.82, 2.24) is 4.57 Å². The first-order chi connectivity index (χ1) is 10.7. The lowest BCUT2D eigenvalue weighted by Crippen LogP contribution is -2.09. The first-order valence-electron chi connectivity index (χ1n) is 7.34. The van der Waals surface area contributed by atoms with Crippen LogP contribution in [0.3, 0.4) is 0 Å². The van der Waals surface area contributed by atoms with Crippen LogP contribution in [0.1, 0.15) is 46.1 Å². The molecule has 2 aromatic rings. The molecule has 1 aliphatic rings. The molecule has 0 amide bonds. The Hall–Kier alpha value is -2.24. The van der Waals surface area contributed by atoms with Gasteiger partial charge in [-0.05, 0) is 38.3 Å². The van der Waals surface area contributed by atoms with Gasteiger partial charge in [-0.1, -0.05) is 18.2 Å². The van der Waals surface area contributed by atoms with Gasteiger partial charge in [-0.3, -0.25) is 0 Å². The number of alkyl halides is 3. The Morgan fingerprint density at radius 2 is 1.83 bits per heavy atom. The average Bonchev–Trinajstić information content (AvgIpc) is 3.23. The van der Waals surface area contributed by atoms with Crippen molar-refractivity contribution in [2.45, 2.75) is 38.9 Å². The molecule has 23 heavy (non-hydrogen) atoms. The van der Waals surface area contributed by atoms with Gasteiger partial charge in [0.25, 0.3) is 0 Å². The fourth-order valence-corrected chi connectivity index (χ4v) is 3.23. The summed E-state index contributed by atoms with van der Waals surface area (Å²) in [5.41, 5.74) is 0.682. The van der Waals surface area contributed by atoms with Gasteiger partial charge in [-0.2, -0.15) is 13.2 Å². The molecule has 1 fully saturated rings. The van der Waals surface area contributed by atoms with E-state index in [2.05, 4.69) is 0 Å². The van der Waals surface area contributed by atoms with Crippen LogP contribution in [0.4, 0.5) is 13.2 Å². The van der Waals surface area contributed by atoms with E-state index in [4.69, 9.17) is 0 Å². The molecule has 0 spiro atoms. The van der Waals surface area contributed by atoms with Gasteiger partial charge in [0, 0.05) is 17.3 Å². The second kappa shape index (κ2) is 5.15. The maximum absolute atomic E-state index is 13.4. The molecule has 1 saturated carbocycles. The summed E-state index contributed by atoms with van der Waals surface area (Å²) in [6, 6.07) is 5.42. The highest BCUT2D eigenvalue weighted by Crippen LogP contribution is 2.46. The highest BCUT2D eigenvalue weighted by atomic mass is 19.4. The average molecular weight is 323 g/mol. The van der Waals surface area contributed by atoms with Crippen LogP contribution in [0.25, 0.3) is 11.3 Å². The molecule has 1 aromatic heterocycles. The molecule has 0 atom stereocenters. The molecule has 3 nitrogen and oxygen atoms in total. The molecular weight excluding hydrogens is 307 g/mol. The molecule has 3 rings (SSSR count). The molecule has 0 radical (unpaired) electrons. The molecule has 1 aromatic carbocycles. The zero-order valence-corrected chi connectivity index (χ0v) is 12.7. The van der Waals surface area contributed by atoms with Crippen molar-refractivity contribution in [3.8, 4) is 11.3 Å². The predicted octanol–water partition coefficient (Wildman–Crippen LogP) is 4.82. The summed E-state index contributed by atoms with van der Waals surface area (Å²) in [7, 11) is 0. The zero-order valence-electron chi connectivity index (χ0n) is 12.7. The minimum absolute atomic E-state index is 0.0417. The van der Waals surface area contributed by atoms with Gasteiger partial charge in [0.15, 0.2) is 0 Å². The van der Waals surface area contributed by atoms with Gasteiger partial charge in [-0.25, -0.2) is 4.79 Å². The summed E-state index contributed by atoms with van der Waals surface area (Å²) in [5.74, 6) is -1.11. The van der Waals surface area contributed by atoms with Crippen LogP contribution < -0.4 is 0 Å². The first kappa shape index (κ1) is 15.6. The third kappa shape index (κ3) is 2.52. The third-order valence-electron chi connectivity index (χ3n) is 4.31. The number of hydrogen-bond donors (Lipinski definition) is 1. The van der Waals surface area contributed by atoms with Crippen molar-refractivity contribution in [3.63, 3.8) is 0 Å². The van der Waals surface area contributed by atoms with E-state index >= 15 is 0 Å². The third-order valence-corrected chi connectivity index (χ3v) is 4.31. The van der Waals surface area contributed by atoms with Crippen LogP contribution in [0.2, 0.25) is 0 Å². The maximum atomic E-state index is 13.4. The molecular formula is C17H16F3NO2. The molecule has 6 heteroatoms. The Morgan fingerprint density at radius 1 is 1.22 bits per heavy atom. The molecule has 0 unspecified atom stereocenters. The number of carbonyl (C=O) groups is 1. The van der Waals surface area contributed by atoms with Crippen LogP contribution >= 0.6 is 0 Å². The first-order valence-corrected chi connectivity index (χ1v) is 7.34. The topological polar surface area (TPSA) is 42.2 Å². The number of halogens is 3. The van der Waals surface area contributed by atoms with Crippen molar-refractivity contribution < 1.29 is 23.1 Å². The Morgan fingerprint density at radius 3 is 2.35 bits per heavy atom. The normalized spacial score (nSPS) is 15.0. The largest absolute Gasteiger partial charge is 0.478 e. The van der Waals surface area contributed by atoms with Crippen molar-refractivity contribution in [2.75, 3.05) is 0 Å². The van der Waals surface area contributed by atoms with Crippen LogP contribution in [0, 0.1) is 13.8 Å². The van der Waals surface area contributed by atoms with Gasteiger partial charge in [0.2, 0.25) is 0 Å². The number of carboxylic acids is 1. The van der Waals surface area contributed by atoms with E-state index in [1.807, 2.05) is 0 Å². The summed E-state index contributed by atoms with van der Waals surface area (Å²) in [4.78, 5) is 11.5. The van der Waals surface area contributed by atoms with Gasteiger partial charge in [-0.15, -0.1) is 0 Å². The number of carboxylic acid groups (broad SMARTS) is 1. The molecule has 1 N–H and O–H groups in total. The predicted molar refractivity (Wildman–Crippen MR) is 79.6 cm³/mol. The van der Waals surface area contributed by atoms with Crippen LogP contribution in [-0.4, -0.2) is 15.6 Å². The number of aromatic nitrogens is 1. The SMILES string of the molecule is Cc1c(C(=O)O)c(C)n(C2CC2)c1-c1ccccc1C(F)(F)F. The summed E-state index contributed by atoms with van der Waals surface area (Å²) in [6.07, 6.45) is -2.77. The van der Waals surface area contributed by atoms with E-state index < -0.39 is 17.7 Å². The van der Waals surface area contributed by atoms with E-state index in [0.29, 0.717) is 17.0 Å². The Kier molecular flexibility index (Phi) is 3.50.